The number of hydrogen-bond donors (Lipinski definition) is 2. The van der Waals surface area contributed by atoms with Gasteiger partial charge in [-0.05, 0) is 0 Å². The van der Waals surface area contributed by atoms with Crippen molar-refractivity contribution in [1.82, 2.24) is 0 Å². The molecule has 1 rings (SSSR count). The Balaban J connectivity index is 2.43. The van der Waals surface area contributed by atoms with Crippen molar-refractivity contribution in [2.45, 2.75) is 30.8 Å². The summed E-state index contributed by atoms with van der Waals surface area (Å²) in [6.07, 6.45) is -2.05. The molecule has 0 spiro atoms. The predicted octanol–water partition coefficient (Wildman–Crippen LogP) is 0.621. The van der Waals surface area contributed by atoms with E-state index in [-0.39, 0.29) is 0 Å². The Morgan fingerprint density at radius 1 is 1.45 bits per heavy atom. The summed E-state index contributed by atoms with van der Waals surface area (Å²) in [7, 11) is 0. The molecule has 0 atom stereocenters. The van der Waals surface area contributed by atoms with Gasteiger partial charge in [0.2, 0.25) is 0 Å². The van der Waals surface area contributed by atoms with Crippen molar-refractivity contribution in [2.24, 2.45) is 0 Å². The van der Waals surface area contributed by atoms with E-state index in [4.69, 9.17) is 10.2 Å². The van der Waals surface area contributed by atoms with Gasteiger partial charge in [0.15, 0.2) is 0 Å². The fourth-order valence-corrected chi connectivity index (χ4v) is 1.32. The molecule has 0 unspecified atom stereocenters. The lowest BCUT2D eigenvalue weighted by Gasteiger charge is -2.42. The molecule has 0 heterocycles. The van der Waals surface area contributed by atoms with Gasteiger partial charge in [0, 0.05) is 12.8 Å². The smallest absolute Gasteiger partial charge is 0.306 e. The van der Waals surface area contributed by atoms with E-state index in [9.17, 15) is 13.6 Å². The summed E-state index contributed by atoms with van der Waals surface area (Å²) in [5, 5.41) is 17.2. The molecule has 1 saturated carbocycles. The van der Waals surface area contributed by atoms with Gasteiger partial charge in [-0.2, -0.15) is 0 Å². The molecule has 0 amide bonds. The van der Waals surface area contributed by atoms with Crippen molar-refractivity contribution in [1.29, 1.82) is 0 Å². The van der Waals surface area contributed by atoms with E-state index in [1.54, 1.807) is 0 Å². The lowest BCUT2D eigenvalue weighted by Crippen LogP contribution is -2.52. The number of hydrogen-bond acceptors (Lipinski definition) is 2. The third-order valence-electron chi connectivity index (χ3n) is 1.66. The zero-order chi connectivity index (χ0) is 8.70. The van der Waals surface area contributed by atoms with Crippen LogP contribution in [0, 0.1) is 0 Å². The maximum absolute atomic E-state index is 12.1. The standard InChI is InChI=1S/C6H8F2O3/c7-6(8)2-5(11,3-6)1-4(9)10/h11H,1-3H2,(H,9,10). The normalized spacial score (nSPS) is 25.7. The average Bonchev–Trinajstić information content (AvgIpc) is 1.52. The van der Waals surface area contributed by atoms with Crippen LogP contribution in [0.4, 0.5) is 8.78 Å². The lowest BCUT2D eigenvalue weighted by atomic mass is 9.74. The first-order valence-corrected chi connectivity index (χ1v) is 3.15. The van der Waals surface area contributed by atoms with Crippen molar-refractivity contribution < 1.29 is 23.8 Å². The third-order valence-corrected chi connectivity index (χ3v) is 1.66. The van der Waals surface area contributed by atoms with Gasteiger partial charge in [0.25, 0.3) is 5.92 Å². The summed E-state index contributed by atoms with van der Waals surface area (Å²) < 4.78 is 24.3. The Kier molecular flexibility index (Phi) is 1.63. The first-order valence-electron chi connectivity index (χ1n) is 3.15. The Bertz CT molecular complexity index is 182. The molecule has 0 aliphatic heterocycles. The van der Waals surface area contributed by atoms with Gasteiger partial charge in [0.1, 0.15) is 0 Å². The minimum Gasteiger partial charge on any atom is -0.481 e. The van der Waals surface area contributed by atoms with Gasteiger partial charge in [-0.15, -0.1) is 0 Å². The van der Waals surface area contributed by atoms with Crippen molar-refractivity contribution in [3.63, 3.8) is 0 Å². The second-order valence-electron chi connectivity index (χ2n) is 3.00. The van der Waals surface area contributed by atoms with Crippen molar-refractivity contribution >= 4 is 5.97 Å². The lowest BCUT2D eigenvalue weighted by molar-refractivity contribution is -0.210. The number of aliphatic carboxylic acids is 1. The fourth-order valence-electron chi connectivity index (χ4n) is 1.32. The second-order valence-corrected chi connectivity index (χ2v) is 3.00. The minimum atomic E-state index is -2.87. The van der Waals surface area contributed by atoms with E-state index in [0.717, 1.165) is 0 Å². The Labute approximate surface area is 61.6 Å². The van der Waals surface area contributed by atoms with E-state index in [2.05, 4.69) is 0 Å². The van der Waals surface area contributed by atoms with Gasteiger partial charge < -0.3 is 10.2 Å². The zero-order valence-corrected chi connectivity index (χ0v) is 5.68. The van der Waals surface area contributed by atoms with Crippen LogP contribution in [0.25, 0.3) is 0 Å². The Morgan fingerprint density at radius 3 is 2.18 bits per heavy atom. The molecule has 1 aliphatic carbocycles. The Hall–Kier alpha value is -0.710. The summed E-state index contributed by atoms with van der Waals surface area (Å²) in [5.41, 5.74) is -1.67. The van der Waals surface area contributed by atoms with E-state index in [0.29, 0.717) is 0 Å². The zero-order valence-electron chi connectivity index (χ0n) is 5.68. The quantitative estimate of drug-likeness (QED) is 0.632. The van der Waals surface area contributed by atoms with E-state index < -0.39 is 36.8 Å². The third kappa shape index (κ3) is 1.86. The molecule has 0 aromatic heterocycles. The molecule has 0 aromatic rings. The van der Waals surface area contributed by atoms with Gasteiger partial charge in [-0.1, -0.05) is 0 Å². The van der Waals surface area contributed by atoms with E-state index in [1.807, 2.05) is 0 Å². The predicted molar refractivity (Wildman–Crippen MR) is 31.4 cm³/mol. The molecule has 2 N–H and O–H groups in total. The summed E-state index contributed by atoms with van der Waals surface area (Å²) >= 11 is 0. The molecule has 0 radical (unpaired) electrons. The molecule has 1 fully saturated rings. The summed E-state index contributed by atoms with van der Waals surface area (Å²) in [6, 6.07) is 0. The summed E-state index contributed by atoms with van der Waals surface area (Å²) in [4.78, 5) is 10.0. The molecule has 0 saturated heterocycles. The van der Waals surface area contributed by atoms with Gasteiger partial charge >= 0.3 is 5.97 Å². The van der Waals surface area contributed by atoms with Gasteiger partial charge in [-0.25, -0.2) is 8.78 Å². The second kappa shape index (κ2) is 2.14. The molecule has 5 heteroatoms. The monoisotopic (exact) mass is 166 g/mol. The van der Waals surface area contributed by atoms with Crippen LogP contribution >= 0.6 is 0 Å². The van der Waals surface area contributed by atoms with Crippen LogP contribution < -0.4 is 0 Å². The largest absolute Gasteiger partial charge is 0.481 e. The van der Waals surface area contributed by atoms with Crippen LogP contribution in [0.2, 0.25) is 0 Å². The number of halogens is 2. The highest BCUT2D eigenvalue weighted by molar-refractivity contribution is 5.68. The first-order chi connectivity index (χ1) is 4.83. The highest BCUT2D eigenvalue weighted by Gasteiger charge is 2.56. The van der Waals surface area contributed by atoms with Crippen LogP contribution in [0.1, 0.15) is 19.3 Å². The molecular formula is C6H8F2O3. The van der Waals surface area contributed by atoms with Crippen LogP contribution in [0.15, 0.2) is 0 Å². The SMILES string of the molecule is O=C(O)CC1(O)CC(F)(F)C1. The fraction of sp³-hybridized carbons (Fsp3) is 0.833. The molecular weight excluding hydrogens is 158 g/mol. The average molecular weight is 166 g/mol. The number of rotatable bonds is 2. The molecule has 64 valence electrons. The van der Waals surface area contributed by atoms with Crippen molar-refractivity contribution in [3.05, 3.63) is 0 Å². The van der Waals surface area contributed by atoms with Gasteiger partial charge in [0.05, 0.1) is 12.0 Å². The first kappa shape index (κ1) is 8.39. The molecule has 3 nitrogen and oxygen atoms in total. The minimum absolute atomic E-state index is 0.595. The van der Waals surface area contributed by atoms with Crippen LogP contribution in [0.5, 0.6) is 0 Å². The van der Waals surface area contributed by atoms with Crippen molar-refractivity contribution in [2.75, 3.05) is 0 Å². The topological polar surface area (TPSA) is 57.5 Å². The van der Waals surface area contributed by atoms with E-state index in [1.165, 1.54) is 0 Å². The maximum atomic E-state index is 12.1. The number of alkyl halides is 2. The van der Waals surface area contributed by atoms with Crippen LogP contribution in [-0.4, -0.2) is 27.7 Å². The molecule has 0 bridgehead atoms. The van der Waals surface area contributed by atoms with Crippen molar-refractivity contribution in [3.8, 4) is 0 Å². The number of carbonyl (C=O) groups is 1. The summed E-state index contributed by atoms with van der Waals surface area (Å²) in [5.74, 6) is -4.12. The van der Waals surface area contributed by atoms with Gasteiger partial charge in [-0.3, -0.25) is 4.79 Å². The van der Waals surface area contributed by atoms with Crippen LogP contribution in [0.3, 0.4) is 0 Å². The number of carboxylic acids is 1. The van der Waals surface area contributed by atoms with Crippen LogP contribution in [-0.2, 0) is 4.79 Å². The molecule has 0 aromatic carbocycles. The maximum Gasteiger partial charge on any atom is 0.306 e. The summed E-state index contributed by atoms with van der Waals surface area (Å²) in [6.45, 7) is 0. The highest BCUT2D eigenvalue weighted by Crippen LogP contribution is 2.47. The number of carboxylic acid groups (broad SMARTS) is 1. The Morgan fingerprint density at radius 2 is 1.91 bits per heavy atom. The number of aliphatic hydroxyl groups is 1. The van der Waals surface area contributed by atoms with E-state index >= 15 is 0 Å². The molecule has 11 heavy (non-hydrogen) atoms. The highest BCUT2D eigenvalue weighted by atomic mass is 19.3. The molecule has 1 aliphatic rings.